The Kier molecular flexibility index (Phi) is 5.23. The predicted molar refractivity (Wildman–Crippen MR) is 97.9 cm³/mol. The summed E-state index contributed by atoms with van der Waals surface area (Å²) >= 11 is 0. The molecule has 1 heterocycles. The number of carbonyl (C=O) groups excluding carboxylic acids is 1. The lowest BCUT2D eigenvalue weighted by molar-refractivity contribution is -0.120. The van der Waals surface area contributed by atoms with Gasteiger partial charge < -0.3 is 9.84 Å². The van der Waals surface area contributed by atoms with Crippen molar-refractivity contribution in [2.45, 2.75) is 26.7 Å². The van der Waals surface area contributed by atoms with Crippen LogP contribution in [0, 0.1) is 5.92 Å². The molecule has 0 saturated carbocycles. The Bertz CT molecular complexity index is 822. The molecule has 0 unspecified atom stereocenters. The fraction of sp³-hybridized carbons (Fsp3) is 0.250. The van der Waals surface area contributed by atoms with Crippen LogP contribution in [0.5, 0.6) is 0 Å². The number of nitrogens with one attached hydrogen (secondary N) is 1. The van der Waals surface area contributed by atoms with Gasteiger partial charge in [0.15, 0.2) is 0 Å². The molecule has 25 heavy (non-hydrogen) atoms. The fourth-order valence-electron chi connectivity index (χ4n) is 2.65. The van der Waals surface area contributed by atoms with E-state index in [4.69, 9.17) is 4.52 Å². The minimum absolute atomic E-state index is 0.0454. The number of anilines is 1. The molecule has 1 amide bonds. The maximum atomic E-state index is 12.1. The molecular weight excluding hydrogens is 314 g/mol. The van der Waals surface area contributed by atoms with Gasteiger partial charge >= 0.3 is 0 Å². The number of nitrogens with zero attached hydrogens (tertiary/aromatic N) is 2. The van der Waals surface area contributed by atoms with E-state index >= 15 is 0 Å². The van der Waals surface area contributed by atoms with Gasteiger partial charge in [0.05, 0.1) is 0 Å². The second kappa shape index (κ2) is 7.75. The largest absolute Gasteiger partial charge is 0.334 e. The minimum atomic E-state index is 0.0454. The van der Waals surface area contributed by atoms with Gasteiger partial charge in [0.1, 0.15) is 0 Å². The van der Waals surface area contributed by atoms with Crippen molar-refractivity contribution >= 4 is 11.6 Å². The van der Waals surface area contributed by atoms with Crippen LogP contribution in [0.3, 0.4) is 0 Å². The molecule has 0 saturated heterocycles. The number of amides is 1. The molecule has 2 aromatic carbocycles. The zero-order chi connectivity index (χ0) is 17.6. The molecule has 1 aromatic heterocycles. The molecule has 0 radical (unpaired) electrons. The van der Waals surface area contributed by atoms with E-state index in [9.17, 15) is 4.79 Å². The van der Waals surface area contributed by atoms with Crippen molar-refractivity contribution in [3.05, 3.63) is 54.6 Å². The number of benzene rings is 2. The van der Waals surface area contributed by atoms with Crippen LogP contribution in [-0.2, 0) is 4.79 Å². The van der Waals surface area contributed by atoms with Gasteiger partial charge in [-0.1, -0.05) is 49.3 Å². The quantitative estimate of drug-likeness (QED) is 0.704. The summed E-state index contributed by atoms with van der Waals surface area (Å²) in [6.45, 7) is 4.05. The highest BCUT2D eigenvalue weighted by atomic mass is 16.5. The smallest absolute Gasteiger partial charge is 0.258 e. The Morgan fingerprint density at radius 3 is 2.32 bits per heavy atom. The molecule has 0 spiro atoms. The van der Waals surface area contributed by atoms with Crippen LogP contribution >= 0.6 is 0 Å². The molecule has 0 aliphatic carbocycles. The summed E-state index contributed by atoms with van der Waals surface area (Å²) in [7, 11) is 0. The first-order chi connectivity index (χ1) is 12.2. The van der Waals surface area contributed by atoms with E-state index in [0.717, 1.165) is 29.7 Å². The van der Waals surface area contributed by atoms with E-state index in [1.165, 1.54) is 0 Å². The van der Waals surface area contributed by atoms with Crippen LogP contribution in [0.15, 0.2) is 59.1 Å². The van der Waals surface area contributed by atoms with E-state index in [1.54, 1.807) is 0 Å². The summed E-state index contributed by atoms with van der Waals surface area (Å²) in [4.78, 5) is 16.6. The average molecular weight is 335 g/mol. The molecule has 3 rings (SSSR count). The molecular formula is C20H21N3O2. The highest BCUT2D eigenvalue weighted by molar-refractivity contribution is 5.92. The zero-order valence-electron chi connectivity index (χ0n) is 14.4. The molecule has 0 aliphatic rings. The van der Waals surface area contributed by atoms with Gasteiger partial charge in [-0.25, -0.2) is 0 Å². The molecule has 3 aromatic rings. The van der Waals surface area contributed by atoms with Crippen molar-refractivity contribution in [3.63, 3.8) is 0 Å². The van der Waals surface area contributed by atoms with Crippen LogP contribution < -0.4 is 5.32 Å². The van der Waals surface area contributed by atoms with Crippen LogP contribution in [-0.4, -0.2) is 16.0 Å². The zero-order valence-corrected chi connectivity index (χ0v) is 14.4. The van der Waals surface area contributed by atoms with Crippen LogP contribution in [0.25, 0.3) is 22.8 Å². The molecule has 5 heteroatoms. The van der Waals surface area contributed by atoms with E-state index in [2.05, 4.69) is 15.5 Å². The molecule has 128 valence electrons. The summed E-state index contributed by atoms with van der Waals surface area (Å²) in [5, 5.41) is 6.97. The van der Waals surface area contributed by atoms with Crippen molar-refractivity contribution in [2.75, 3.05) is 5.32 Å². The van der Waals surface area contributed by atoms with Crippen molar-refractivity contribution in [2.24, 2.45) is 5.92 Å². The van der Waals surface area contributed by atoms with Crippen LogP contribution in [0.1, 0.15) is 26.7 Å². The first kappa shape index (κ1) is 16.9. The lowest BCUT2D eigenvalue weighted by Gasteiger charge is -2.12. The Balaban J connectivity index is 1.73. The average Bonchev–Trinajstić information content (AvgIpc) is 3.14. The Labute approximate surface area is 147 Å². The molecule has 0 fully saturated rings. The third-order valence-electron chi connectivity index (χ3n) is 4.21. The van der Waals surface area contributed by atoms with Gasteiger partial charge in [-0.2, -0.15) is 4.98 Å². The molecule has 0 bridgehead atoms. The minimum Gasteiger partial charge on any atom is -0.334 e. The van der Waals surface area contributed by atoms with Gasteiger partial charge in [-0.3, -0.25) is 4.79 Å². The number of rotatable bonds is 6. The highest BCUT2D eigenvalue weighted by Crippen LogP contribution is 2.23. The van der Waals surface area contributed by atoms with Gasteiger partial charge in [-0.15, -0.1) is 0 Å². The Morgan fingerprint density at radius 2 is 1.68 bits per heavy atom. The van der Waals surface area contributed by atoms with Crippen molar-refractivity contribution in [3.8, 4) is 22.8 Å². The summed E-state index contributed by atoms with van der Waals surface area (Å²) in [6, 6.07) is 17.1. The maximum absolute atomic E-state index is 12.1. The molecule has 0 aliphatic heterocycles. The standard InChI is InChI=1S/C20H21N3O2/c1-3-14(4-2)19(24)21-17-12-10-16(11-13-17)20-22-18(23-25-20)15-8-6-5-7-9-15/h5-14H,3-4H2,1-2H3,(H,21,24). The predicted octanol–water partition coefficient (Wildman–Crippen LogP) is 4.78. The van der Waals surface area contributed by atoms with Crippen molar-refractivity contribution in [1.82, 2.24) is 10.1 Å². The third-order valence-corrected chi connectivity index (χ3v) is 4.21. The van der Waals surface area contributed by atoms with Gasteiger partial charge in [-0.05, 0) is 37.1 Å². The first-order valence-corrected chi connectivity index (χ1v) is 8.51. The van der Waals surface area contributed by atoms with E-state index < -0.39 is 0 Å². The van der Waals surface area contributed by atoms with Gasteiger partial charge in [0, 0.05) is 22.7 Å². The molecule has 1 N–H and O–H groups in total. The lowest BCUT2D eigenvalue weighted by Crippen LogP contribution is -2.21. The first-order valence-electron chi connectivity index (χ1n) is 8.51. The number of aromatic nitrogens is 2. The highest BCUT2D eigenvalue weighted by Gasteiger charge is 2.14. The summed E-state index contributed by atoms with van der Waals surface area (Å²) in [6.07, 6.45) is 1.68. The van der Waals surface area contributed by atoms with E-state index in [1.807, 2.05) is 68.4 Å². The second-order valence-electron chi connectivity index (χ2n) is 5.87. The Morgan fingerprint density at radius 1 is 1.00 bits per heavy atom. The molecule has 5 nitrogen and oxygen atoms in total. The van der Waals surface area contributed by atoms with Crippen molar-refractivity contribution in [1.29, 1.82) is 0 Å². The van der Waals surface area contributed by atoms with Gasteiger partial charge in [0.2, 0.25) is 11.7 Å². The van der Waals surface area contributed by atoms with Gasteiger partial charge in [0.25, 0.3) is 5.89 Å². The Hall–Kier alpha value is -2.95. The molecule has 0 atom stereocenters. The normalized spacial score (nSPS) is 10.8. The maximum Gasteiger partial charge on any atom is 0.258 e. The summed E-state index contributed by atoms with van der Waals surface area (Å²) < 4.78 is 5.35. The monoisotopic (exact) mass is 335 g/mol. The number of hydrogen-bond acceptors (Lipinski definition) is 4. The summed E-state index contributed by atoms with van der Waals surface area (Å²) in [5.74, 6) is 1.12. The topological polar surface area (TPSA) is 68.0 Å². The third kappa shape index (κ3) is 3.94. The number of carbonyl (C=O) groups is 1. The summed E-state index contributed by atoms with van der Waals surface area (Å²) in [5.41, 5.74) is 2.49. The second-order valence-corrected chi connectivity index (χ2v) is 5.87. The van der Waals surface area contributed by atoms with Crippen molar-refractivity contribution < 1.29 is 9.32 Å². The van der Waals surface area contributed by atoms with Crippen LogP contribution in [0.4, 0.5) is 5.69 Å². The van der Waals surface area contributed by atoms with Crippen LogP contribution in [0.2, 0.25) is 0 Å². The van der Waals surface area contributed by atoms with E-state index in [0.29, 0.717) is 11.7 Å². The lowest BCUT2D eigenvalue weighted by atomic mass is 10.0. The fourth-order valence-corrected chi connectivity index (χ4v) is 2.65. The SMILES string of the molecule is CCC(CC)C(=O)Nc1ccc(-c2nc(-c3ccccc3)no2)cc1. The van der Waals surface area contributed by atoms with E-state index in [-0.39, 0.29) is 11.8 Å². The number of hydrogen-bond donors (Lipinski definition) is 1.